The van der Waals surface area contributed by atoms with E-state index in [0.717, 1.165) is 21.8 Å². The molecule has 2 heterocycles. The van der Waals surface area contributed by atoms with Gasteiger partial charge < -0.3 is 11.1 Å². The summed E-state index contributed by atoms with van der Waals surface area (Å²) in [6.07, 6.45) is 3.29. The Bertz CT molecular complexity index is 1240. The summed E-state index contributed by atoms with van der Waals surface area (Å²) in [5.41, 5.74) is 7.16. The van der Waals surface area contributed by atoms with Crippen molar-refractivity contribution in [3.05, 3.63) is 72.1 Å². The lowest BCUT2D eigenvalue weighted by Crippen LogP contribution is -2.41. The number of nitrogens with one attached hydrogen (secondary N) is 3. The molecular formula is C21H21N5O3S2. The number of sulfonamides is 1. The molecule has 3 rings (SSSR count). The van der Waals surface area contributed by atoms with Crippen molar-refractivity contribution in [3.8, 4) is 10.4 Å². The van der Waals surface area contributed by atoms with E-state index in [0.29, 0.717) is 11.1 Å². The molecule has 0 aliphatic heterocycles. The Hall–Kier alpha value is -3.21. The number of carbonyl (C=O) groups is 1. The van der Waals surface area contributed by atoms with Gasteiger partial charge in [-0.2, -0.15) is 4.72 Å². The highest BCUT2D eigenvalue weighted by Crippen LogP contribution is 2.30. The number of aromatic nitrogens is 1. The Kier molecular flexibility index (Phi) is 6.74. The lowest BCUT2D eigenvalue weighted by Gasteiger charge is -2.13. The van der Waals surface area contributed by atoms with E-state index in [-0.39, 0.29) is 22.2 Å². The molecule has 5 N–H and O–H groups in total. The largest absolute Gasteiger partial charge is 0.384 e. The normalized spacial score (nSPS) is 12.3. The van der Waals surface area contributed by atoms with Crippen LogP contribution in [-0.2, 0) is 21.2 Å². The molecule has 8 nitrogen and oxygen atoms in total. The van der Waals surface area contributed by atoms with E-state index in [4.69, 9.17) is 16.6 Å². The summed E-state index contributed by atoms with van der Waals surface area (Å²) in [6.45, 7) is 1.41. The van der Waals surface area contributed by atoms with Crippen LogP contribution in [0.25, 0.3) is 10.4 Å². The van der Waals surface area contributed by atoms with Crippen LogP contribution in [0.4, 0.5) is 0 Å². The summed E-state index contributed by atoms with van der Waals surface area (Å²) in [4.78, 5) is 17.3. The molecule has 31 heavy (non-hydrogen) atoms. The molecule has 0 saturated carbocycles. The Morgan fingerprint density at radius 3 is 2.65 bits per heavy atom. The average Bonchev–Trinajstić information content (AvgIpc) is 3.25. The zero-order chi connectivity index (χ0) is 22.6. The summed E-state index contributed by atoms with van der Waals surface area (Å²) in [5.74, 6) is -0.733. The first-order valence-corrected chi connectivity index (χ1v) is 11.5. The molecule has 160 valence electrons. The van der Waals surface area contributed by atoms with Gasteiger partial charge in [0.15, 0.2) is 5.78 Å². The van der Waals surface area contributed by atoms with Crippen molar-refractivity contribution >= 4 is 38.7 Å². The van der Waals surface area contributed by atoms with Crippen molar-refractivity contribution < 1.29 is 13.2 Å². The molecule has 0 unspecified atom stereocenters. The number of thiophene rings is 1. The number of nitrogens with zero attached hydrogens (tertiary/aromatic N) is 1. The summed E-state index contributed by atoms with van der Waals surface area (Å²) in [6, 6.07) is 12.4. The molecule has 0 spiro atoms. The van der Waals surface area contributed by atoms with Gasteiger partial charge in [0, 0.05) is 34.8 Å². The fourth-order valence-electron chi connectivity index (χ4n) is 2.87. The molecule has 0 saturated heterocycles. The molecule has 2 aromatic heterocycles. The number of nitrogens with two attached hydrogens (primary N) is 1. The monoisotopic (exact) mass is 455 g/mol. The number of Topliss-reactive ketones (excluding diaryl/α,β-unsaturated/α-hetero) is 1. The summed E-state index contributed by atoms with van der Waals surface area (Å²) >= 11 is 1.07. The van der Waals surface area contributed by atoms with Crippen LogP contribution in [0.5, 0.6) is 0 Å². The first kappa shape index (κ1) is 22.5. The number of rotatable bonds is 9. The van der Waals surface area contributed by atoms with Crippen LogP contribution in [0.1, 0.15) is 18.1 Å². The van der Waals surface area contributed by atoms with Gasteiger partial charge in [-0.3, -0.25) is 15.2 Å². The van der Waals surface area contributed by atoms with E-state index >= 15 is 0 Å². The summed E-state index contributed by atoms with van der Waals surface area (Å²) < 4.78 is 27.9. The Labute approximate surface area is 184 Å². The molecule has 0 radical (unpaired) electrons. The van der Waals surface area contributed by atoms with Gasteiger partial charge in [0.2, 0.25) is 0 Å². The molecule has 0 aliphatic rings. The number of pyridine rings is 1. The molecule has 10 heteroatoms. The van der Waals surface area contributed by atoms with Crippen LogP contribution in [-0.4, -0.2) is 36.8 Å². The minimum Gasteiger partial charge on any atom is -0.384 e. The van der Waals surface area contributed by atoms with Crippen LogP contribution < -0.4 is 10.5 Å². The maximum Gasteiger partial charge on any atom is 0.250 e. The molecule has 1 aromatic carbocycles. The lowest BCUT2D eigenvalue weighted by molar-refractivity contribution is -0.114. The third-order valence-electron chi connectivity index (χ3n) is 4.43. The summed E-state index contributed by atoms with van der Waals surface area (Å²) in [5, 5.41) is 15.6. The first-order valence-electron chi connectivity index (χ1n) is 9.25. The van der Waals surface area contributed by atoms with Crippen LogP contribution in [0.15, 0.2) is 65.1 Å². The minimum atomic E-state index is -3.93. The predicted octanol–water partition coefficient (Wildman–Crippen LogP) is 2.59. The number of carbonyl (C=O) groups excluding carboxylic acids is 1. The molecular weight excluding hydrogens is 434 g/mol. The molecule has 0 bridgehead atoms. The van der Waals surface area contributed by atoms with E-state index in [1.165, 1.54) is 13.0 Å². The average molecular weight is 456 g/mol. The van der Waals surface area contributed by atoms with Crippen LogP contribution >= 0.6 is 11.3 Å². The minimum absolute atomic E-state index is 0.0101. The second-order valence-electron chi connectivity index (χ2n) is 6.84. The highest BCUT2D eigenvalue weighted by atomic mass is 32.2. The molecule has 0 fully saturated rings. The van der Waals surface area contributed by atoms with Gasteiger partial charge in [-0.05, 0) is 36.8 Å². The Morgan fingerprint density at radius 2 is 1.97 bits per heavy atom. The van der Waals surface area contributed by atoms with Crippen molar-refractivity contribution in [2.45, 2.75) is 23.6 Å². The van der Waals surface area contributed by atoms with Gasteiger partial charge in [0.1, 0.15) is 10.0 Å². The van der Waals surface area contributed by atoms with E-state index in [2.05, 4.69) is 9.71 Å². The van der Waals surface area contributed by atoms with E-state index in [9.17, 15) is 13.2 Å². The van der Waals surface area contributed by atoms with Gasteiger partial charge in [0.05, 0.1) is 11.8 Å². The van der Waals surface area contributed by atoms with E-state index in [1.54, 1.807) is 48.8 Å². The molecule has 0 amide bonds. The van der Waals surface area contributed by atoms with Crippen LogP contribution in [0.3, 0.4) is 0 Å². The smallest absolute Gasteiger partial charge is 0.250 e. The highest BCUT2D eigenvalue weighted by molar-refractivity contribution is 7.91. The standard InChI is InChI=1S/C21H21N5O3S2/c1-13(20(27)17(22)11-14-4-2-5-15(10-14)21(23)24)26-31(28,29)19-8-7-18(30-19)16-6-3-9-25-12-16/h2-10,12-13,22,26H,11H2,1H3,(H3,23,24)/t13-/m0/s1. The second kappa shape index (κ2) is 9.29. The fraction of sp³-hybridized carbons (Fsp3) is 0.143. The third-order valence-corrected chi connectivity index (χ3v) is 7.60. The van der Waals surface area contributed by atoms with Crippen molar-refractivity contribution in [2.24, 2.45) is 5.73 Å². The third kappa shape index (κ3) is 5.48. The molecule has 0 aliphatic carbocycles. The highest BCUT2D eigenvalue weighted by Gasteiger charge is 2.26. The Balaban J connectivity index is 1.68. The number of nitrogen functional groups attached to an aromatic ring is 1. The van der Waals surface area contributed by atoms with Crippen LogP contribution in [0.2, 0.25) is 0 Å². The van der Waals surface area contributed by atoms with Crippen LogP contribution in [0, 0.1) is 10.8 Å². The molecule has 1 atom stereocenters. The summed E-state index contributed by atoms with van der Waals surface area (Å²) in [7, 11) is -3.93. The van der Waals surface area contributed by atoms with Gasteiger partial charge in [-0.1, -0.05) is 24.3 Å². The van der Waals surface area contributed by atoms with Gasteiger partial charge in [-0.15, -0.1) is 11.3 Å². The maximum absolute atomic E-state index is 12.7. The van der Waals surface area contributed by atoms with Gasteiger partial charge in [-0.25, -0.2) is 8.42 Å². The number of ketones is 1. The number of hydrogen-bond donors (Lipinski definition) is 4. The maximum atomic E-state index is 12.7. The van der Waals surface area contributed by atoms with Crippen molar-refractivity contribution in [3.63, 3.8) is 0 Å². The van der Waals surface area contributed by atoms with E-state index < -0.39 is 21.8 Å². The predicted molar refractivity (Wildman–Crippen MR) is 121 cm³/mol. The molecule has 3 aromatic rings. The lowest BCUT2D eigenvalue weighted by atomic mass is 10.0. The van der Waals surface area contributed by atoms with Crippen molar-refractivity contribution in [1.29, 1.82) is 10.8 Å². The fourth-order valence-corrected chi connectivity index (χ4v) is 5.39. The first-order chi connectivity index (χ1) is 14.7. The second-order valence-corrected chi connectivity index (χ2v) is 9.86. The van der Waals surface area contributed by atoms with Gasteiger partial charge in [0.25, 0.3) is 10.0 Å². The zero-order valence-electron chi connectivity index (χ0n) is 16.6. The van der Waals surface area contributed by atoms with Gasteiger partial charge >= 0.3 is 0 Å². The van der Waals surface area contributed by atoms with Crippen molar-refractivity contribution in [2.75, 3.05) is 0 Å². The zero-order valence-corrected chi connectivity index (χ0v) is 18.3. The Morgan fingerprint density at radius 1 is 1.19 bits per heavy atom. The topological polar surface area (TPSA) is 150 Å². The van der Waals surface area contributed by atoms with E-state index in [1.807, 2.05) is 6.07 Å². The quantitative estimate of drug-likeness (QED) is 0.289. The van der Waals surface area contributed by atoms with Crippen molar-refractivity contribution in [1.82, 2.24) is 9.71 Å². The number of hydrogen-bond acceptors (Lipinski definition) is 7. The number of benzene rings is 1. The number of amidine groups is 1. The SMILES string of the molecule is C[C@H](NS(=O)(=O)c1ccc(-c2cccnc2)s1)C(=O)C(=N)Cc1cccc(C(=N)N)c1.